The van der Waals surface area contributed by atoms with E-state index >= 15 is 0 Å². The van der Waals surface area contributed by atoms with Gasteiger partial charge in [0.05, 0.1) is 6.54 Å². The van der Waals surface area contributed by atoms with E-state index in [2.05, 4.69) is 5.32 Å². The first kappa shape index (κ1) is 16.7. The van der Waals surface area contributed by atoms with Gasteiger partial charge in [-0.05, 0) is 24.1 Å². The van der Waals surface area contributed by atoms with Gasteiger partial charge in [-0.2, -0.15) is 0 Å². The Morgan fingerprint density at radius 3 is 2.26 bits per heavy atom. The summed E-state index contributed by atoms with van der Waals surface area (Å²) in [5.41, 5.74) is 1.22. The zero-order chi connectivity index (χ0) is 16.8. The Kier molecular flexibility index (Phi) is 5.46. The number of rotatable bonds is 7. The van der Waals surface area contributed by atoms with E-state index in [0.717, 1.165) is 5.56 Å². The first-order valence-corrected chi connectivity index (χ1v) is 7.39. The van der Waals surface area contributed by atoms with Gasteiger partial charge in [0.15, 0.2) is 0 Å². The molecule has 0 aliphatic carbocycles. The topological polar surface area (TPSA) is 104 Å². The third-order valence-corrected chi connectivity index (χ3v) is 3.56. The Bertz CT molecular complexity index is 608. The van der Waals surface area contributed by atoms with Crippen LogP contribution < -0.4 is 5.32 Å². The summed E-state index contributed by atoms with van der Waals surface area (Å²) in [6.07, 6.45) is 0.904. The maximum Gasteiger partial charge on any atom is 0.303 e. The highest BCUT2D eigenvalue weighted by molar-refractivity contribution is 6.01. The van der Waals surface area contributed by atoms with Gasteiger partial charge in [0.1, 0.15) is 0 Å². The number of imide groups is 1. The lowest BCUT2D eigenvalue weighted by molar-refractivity contribution is -0.139. The van der Waals surface area contributed by atoms with E-state index in [1.807, 2.05) is 0 Å². The second-order valence-corrected chi connectivity index (χ2v) is 5.32. The third-order valence-electron chi connectivity index (χ3n) is 3.56. The molecule has 1 fully saturated rings. The largest absolute Gasteiger partial charge is 0.481 e. The van der Waals surface area contributed by atoms with Crippen LogP contribution >= 0.6 is 0 Å². The smallest absolute Gasteiger partial charge is 0.303 e. The van der Waals surface area contributed by atoms with Crippen LogP contribution in [0.25, 0.3) is 0 Å². The fraction of sp³-hybridized carbons (Fsp3) is 0.375. The zero-order valence-corrected chi connectivity index (χ0v) is 12.6. The van der Waals surface area contributed by atoms with E-state index in [0.29, 0.717) is 18.5 Å². The fourth-order valence-corrected chi connectivity index (χ4v) is 2.29. The van der Waals surface area contributed by atoms with Crippen molar-refractivity contribution in [3.63, 3.8) is 0 Å². The molecule has 0 bridgehead atoms. The second-order valence-electron chi connectivity index (χ2n) is 5.32. The number of carbonyl (C=O) groups excluding carboxylic acids is 3. The summed E-state index contributed by atoms with van der Waals surface area (Å²) in [7, 11) is 0. The predicted octanol–water partition coefficient (Wildman–Crippen LogP) is 0.930. The number of amides is 3. The van der Waals surface area contributed by atoms with Crippen molar-refractivity contribution in [2.75, 3.05) is 6.54 Å². The van der Waals surface area contributed by atoms with E-state index in [4.69, 9.17) is 5.11 Å². The highest BCUT2D eigenvalue weighted by Crippen LogP contribution is 2.16. The van der Waals surface area contributed by atoms with E-state index in [-0.39, 0.29) is 43.5 Å². The van der Waals surface area contributed by atoms with E-state index in [9.17, 15) is 19.2 Å². The summed E-state index contributed by atoms with van der Waals surface area (Å²) in [4.78, 5) is 46.6. The molecular weight excluding hydrogens is 300 g/mol. The molecule has 0 atom stereocenters. The van der Waals surface area contributed by atoms with Gasteiger partial charge in [-0.25, -0.2) is 0 Å². The molecule has 1 aliphatic heterocycles. The number of nitrogens with one attached hydrogen (secondary N) is 1. The third kappa shape index (κ3) is 4.64. The summed E-state index contributed by atoms with van der Waals surface area (Å²) in [6.45, 7) is 0.516. The molecule has 2 rings (SSSR count). The van der Waals surface area contributed by atoms with Gasteiger partial charge in [-0.15, -0.1) is 0 Å². The molecule has 1 saturated heterocycles. The van der Waals surface area contributed by atoms with Crippen LogP contribution in [0.4, 0.5) is 0 Å². The van der Waals surface area contributed by atoms with Crippen LogP contribution in [0.15, 0.2) is 24.3 Å². The molecule has 23 heavy (non-hydrogen) atoms. The van der Waals surface area contributed by atoms with Crippen molar-refractivity contribution in [3.05, 3.63) is 35.4 Å². The molecule has 7 heteroatoms. The molecule has 122 valence electrons. The van der Waals surface area contributed by atoms with Gasteiger partial charge in [-0.1, -0.05) is 12.1 Å². The molecule has 1 heterocycles. The fourth-order valence-electron chi connectivity index (χ4n) is 2.29. The molecule has 0 spiro atoms. The van der Waals surface area contributed by atoms with Crippen molar-refractivity contribution in [1.82, 2.24) is 10.2 Å². The van der Waals surface area contributed by atoms with Gasteiger partial charge in [0, 0.05) is 31.4 Å². The minimum absolute atomic E-state index is 0.0110. The highest BCUT2D eigenvalue weighted by atomic mass is 16.4. The molecule has 0 radical (unpaired) electrons. The first-order chi connectivity index (χ1) is 11.0. The lowest BCUT2D eigenvalue weighted by Crippen LogP contribution is -2.28. The maximum atomic E-state index is 11.9. The summed E-state index contributed by atoms with van der Waals surface area (Å²) in [5.74, 6) is -1.52. The molecule has 0 unspecified atom stereocenters. The molecular formula is C16H18N2O5. The highest BCUT2D eigenvalue weighted by Gasteiger charge is 2.28. The number of hydrogen-bond acceptors (Lipinski definition) is 4. The van der Waals surface area contributed by atoms with Crippen molar-refractivity contribution in [3.8, 4) is 0 Å². The molecule has 1 aromatic rings. The van der Waals surface area contributed by atoms with Crippen LogP contribution in [0.2, 0.25) is 0 Å². The monoisotopic (exact) mass is 318 g/mol. The Morgan fingerprint density at radius 1 is 1.09 bits per heavy atom. The Hall–Kier alpha value is -2.70. The van der Waals surface area contributed by atoms with Crippen molar-refractivity contribution in [1.29, 1.82) is 0 Å². The average molecular weight is 318 g/mol. The van der Waals surface area contributed by atoms with Crippen LogP contribution in [0, 0.1) is 0 Å². The van der Waals surface area contributed by atoms with Crippen LogP contribution in [-0.2, 0) is 20.9 Å². The maximum absolute atomic E-state index is 11.9. The average Bonchev–Trinajstić information content (AvgIpc) is 2.84. The summed E-state index contributed by atoms with van der Waals surface area (Å²) >= 11 is 0. The Labute approximate surface area is 133 Å². The van der Waals surface area contributed by atoms with Crippen molar-refractivity contribution < 1.29 is 24.3 Å². The standard InChI is InChI=1S/C16H18N2O5/c19-13-7-8-14(20)18(13)10-11-3-5-12(6-4-11)16(23)17-9-1-2-15(21)22/h3-6H,1-2,7-10H2,(H,17,23)(H,21,22). The van der Waals surface area contributed by atoms with Gasteiger partial charge in [0.2, 0.25) is 11.8 Å². The van der Waals surface area contributed by atoms with E-state index in [1.54, 1.807) is 24.3 Å². The van der Waals surface area contributed by atoms with Crippen molar-refractivity contribution in [2.24, 2.45) is 0 Å². The first-order valence-electron chi connectivity index (χ1n) is 7.39. The number of nitrogens with zero attached hydrogens (tertiary/aromatic N) is 1. The second kappa shape index (κ2) is 7.53. The normalized spacial score (nSPS) is 14.2. The van der Waals surface area contributed by atoms with Gasteiger partial charge >= 0.3 is 5.97 Å². The predicted molar refractivity (Wildman–Crippen MR) is 80.4 cm³/mol. The van der Waals surface area contributed by atoms with Crippen LogP contribution in [0.1, 0.15) is 41.6 Å². The van der Waals surface area contributed by atoms with Crippen LogP contribution in [0.5, 0.6) is 0 Å². The number of likely N-dealkylation sites (tertiary alicyclic amines) is 1. The van der Waals surface area contributed by atoms with Gasteiger partial charge in [0.25, 0.3) is 5.91 Å². The summed E-state index contributed by atoms with van der Waals surface area (Å²) in [5, 5.41) is 11.2. The SMILES string of the molecule is O=C(O)CCCNC(=O)c1ccc(CN2C(=O)CCC2=O)cc1. The Balaban J connectivity index is 1.86. The van der Waals surface area contributed by atoms with E-state index in [1.165, 1.54) is 4.90 Å². The lowest BCUT2D eigenvalue weighted by Gasteiger charge is -2.14. The lowest BCUT2D eigenvalue weighted by atomic mass is 10.1. The molecule has 1 aliphatic rings. The quantitative estimate of drug-likeness (QED) is 0.575. The van der Waals surface area contributed by atoms with Gasteiger partial charge < -0.3 is 10.4 Å². The minimum Gasteiger partial charge on any atom is -0.481 e. The zero-order valence-electron chi connectivity index (χ0n) is 12.6. The molecule has 1 aromatic carbocycles. The van der Waals surface area contributed by atoms with Gasteiger partial charge in [-0.3, -0.25) is 24.1 Å². The number of hydrogen-bond donors (Lipinski definition) is 2. The molecule has 2 N–H and O–H groups in total. The summed E-state index contributed by atoms with van der Waals surface area (Å²) in [6, 6.07) is 6.63. The molecule has 0 saturated carbocycles. The summed E-state index contributed by atoms with van der Waals surface area (Å²) < 4.78 is 0. The van der Waals surface area contributed by atoms with Crippen molar-refractivity contribution in [2.45, 2.75) is 32.2 Å². The molecule has 7 nitrogen and oxygen atoms in total. The number of carboxylic acid groups (broad SMARTS) is 1. The number of carboxylic acids is 1. The van der Waals surface area contributed by atoms with E-state index < -0.39 is 5.97 Å². The van der Waals surface area contributed by atoms with Crippen molar-refractivity contribution >= 4 is 23.7 Å². The molecule has 0 aromatic heterocycles. The Morgan fingerprint density at radius 2 is 1.70 bits per heavy atom. The van der Waals surface area contributed by atoms with Crippen LogP contribution in [-0.4, -0.2) is 40.2 Å². The minimum atomic E-state index is -0.894. The number of aliphatic carboxylic acids is 1. The number of carbonyl (C=O) groups is 4. The number of benzene rings is 1. The molecule has 3 amide bonds. The van der Waals surface area contributed by atoms with Crippen LogP contribution in [0.3, 0.4) is 0 Å².